The first-order valence-electron chi connectivity index (χ1n) is 7.68. The predicted octanol–water partition coefficient (Wildman–Crippen LogP) is 1.03. The molecule has 0 atom stereocenters. The van der Waals surface area contributed by atoms with Crippen LogP contribution < -0.4 is 10.6 Å². The summed E-state index contributed by atoms with van der Waals surface area (Å²) in [5.41, 5.74) is 9.78. The summed E-state index contributed by atoms with van der Waals surface area (Å²) in [6.07, 6.45) is 6.55. The van der Waals surface area contributed by atoms with Gasteiger partial charge >= 0.3 is 0 Å². The molecule has 0 saturated carbocycles. The summed E-state index contributed by atoms with van der Waals surface area (Å²) in [6.45, 7) is 3.15. The third-order valence-corrected chi connectivity index (χ3v) is 4.52. The van der Waals surface area contributed by atoms with Gasteiger partial charge in [0, 0.05) is 30.9 Å². The Labute approximate surface area is 124 Å². The molecule has 110 valence electrons. The van der Waals surface area contributed by atoms with Crippen molar-refractivity contribution in [1.82, 2.24) is 19.7 Å². The van der Waals surface area contributed by atoms with Crippen LogP contribution in [0, 0.1) is 0 Å². The Morgan fingerprint density at radius 1 is 1.19 bits per heavy atom. The largest absolute Gasteiger partial charge is 0.347 e. The van der Waals surface area contributed by atoms with Crippen LogP contribution in [-0.2, 0) is 32.5 Å². The molecular weight excluding hydrogens is 264 g/mol. The molecule has 6 heteroatoms. The number of nitrogens with zero attached hydrogens (tertiary/aromatic N) is 5. The second-order valence-corrected chi connectivity index (χ2v) is 5.85. The van der Waals surface area contributed by atoms with Crippen molar-refractivity contribution in [3.63, 3.8) is 0 Å². The number of aromatic nitrogens is 4. The Morgan fingerprint density at radius 3 is 3.00 bits per heavy atom. The Morgan fingerprint density at radius 2 is 2.10 bits per heavy atom. The van der Waals surface area contributed by atoms with E-state index in [1.807, 2.05) is 0 Å². The van der Waals surface area contributed by atoms with Crippen LogP contribution in [0.3, 0.4) is 0 Å². The van der Waals surface area contributed by atoms with Crippen LogP contribution in [0.5, 0.6) is 0 Å². The van der Waals surface area contributed by atoms with Gasteiger partial charge in [-0.3, -0.25) is 0 Å². The molecule has 2 aromatic heterocycles. The quantitative estimate of drug-likeness (QED) is 0.891. The van der Waals surface area contributed by atoms with E-state index in [1.165, 1.54) is 24.1 Å². The number of nitrogens with two attached hydrogens (primary N) is 1. The fraction of sp³-hybridized carbons (Fsp3) is 0.533. The molecule has 0 amide bonds. The van der Waals surface area contributed by atoms with E-state index in [4.69, 9.17) is 10.7 Å². The zero-order valence-corrected chi connectivity index (χ0v) is 12.1. The minimum absolute atomic E-state index is 0.540. The molecule has 1 aliphatic carbocycles. The molecule has 2 aromatic rings. The lowest BCUT2D eigenvalue weighted by molar-refractivity contribution is 0.552. The van der Waals surface area contributed by atoms with E-state index < -0.39 is 0 Å². The van der Waals surface area contributed by atoms with Gasteiger partial charge in [-0.15, -0.1) is 10.2 Å². The van der Waals surface area contributed by atoms with Gasteiger partial charge in [-0.25, -0.2) is 4.98 Å². The van der Waals surface area contributed by atoms with Gasteiger partial charge in [0.25, 0.3) is 0 Å². The Hall–Kier alpha value is -1.95. The molecule has 0 radical (unpaired) electrons. The van der Waals surface area contributed by atoms with E-state index in [-0.39, 0.29) is 0 Å². The summed E-state index contributed by atoms with van der Waals surface area (Å²) in [7, 11) is 0. The standard InChI is InChI=1S/C15H20N6/c16-8-12-7-11-3-1-2-4-13(11)18-15(12)20-5-6-21-10-17-19-14(21)9-20/h7,10H,1-6,8-9,16H2. The first kappa shape index (κ1) is 12.8. The van der Waals surface area contributed by atoms with Crippen molar-refractivity contribution in [2.24, 2.45) is 5.73 Å². The first-order chi connectivity index (χ1) is 10.3. The molecule has 0 spiro atoms. The fourth-order valence-corrected chi connectivity index (χ4v) is 3.34. The molecule has 6 nitrogen and oxygen atoms in total. The average molecular weight is 284 g/mol. The van der Waals surface area contributed by atoms with E-state index in [0.29, 0.717) is 6.54 Å². The highest BCUT2D eigenvalue weighted by atomic mass is 15.3. The average Bonchev–Trinajstić information content (AvgIpc) is 3.01. The van der Waals surface area contributed by atoms with Crippen molar-refractivity contribution >= 4 is 5.82 Å². The number of fused-ring (bicyclic) bond motifs is 2. The van der Waals surface area contributed by atoms with E-state index in [9.17, 15) is 0 Å². The molecule has 2 N–H and O–H groups in total. The summed E-state index contributed by atoms with van der Waals surface area (Å²) in [6, 6.07) is 2.27. The van der Waals surface area contributed by atoms with Gasteiger partial charge in [0.2, 0.25) is 0 Å². The summed E-state index contributed by atoms with van der Waals surface area (Å²) < 4.78 is 2.11. The van der Waals surface area contributed by atoms with Crippen molar-refractivity contribution in [3.8, 4) is 0 Å². The van der Waals surface area contributed by atoms with Crippen LogP contribution in [0.2, 0.25) is 0 Å². The summed E-state index contributed by atoms with van der Waals surface area (Å²) in [5.74, 6) is 2.05. The highest BCUT2D eigenvalue weighted by Gasteiger charge is 2.23. The highest BCUT2D eigenvalue weighted by molar-refractivity contribution is 5.51. The van der Waals surface area contributed by atoms with Gasteiger partial charge in [0.15, 0.2) is 5.82 Å². The monoisotopic (exact) mass is 284 g/mol. The number of anilines is 1. The van der Waals surface area contributed by atoms with Crippen LogP contribution in [0.25, 0.3) is 0 Å². The highest BCUT2D eigenvalue weighted by Crippen LogP contribution is 2.28. The van der Waals surface area contributed by atoms with Crippen molar-refractivity contribution in [2.75, 3.05) is 11.4 Å². The number of hydrogen-bond donors (Lipinski definition) is 1. The lowest BCUT2D eigenvalue weighted by Gasteiger charge is -2.31. The molecule has 0 unspecified atom stereocenters. The maximum Gasteiger partial charge on any atom is 0.152 e. The molecule has 1 aliphatic heterocycles. The zero-order chi connectivity index (χ0) is 14.2. The molecular formula is C15H20N6. The summed E-state index contributed by atoms with van der Waals surface area (Å²) in [4.78, 5) is 7.25. The van der Waals surface area contributed by atoms with Crippen molar-refractivity contribution in [1.29, 1.82) is 0 Å². The second kappa shape index (κ2) is 5.11. The van der Waals surface area contributed by atoms with E-state index in [0.717, 1.165) is 49.7 Å². The molecule has 0 aromatic carbocycles. The van der Waals surface area contributed by atoms with Crippen LogP contribution in [0.4, 0.5) is 5.82 Å². The second-order valence-electron chi connectivity index (χ2n) is 5.85. The lowest BCUT2D eigenvalue weighted by atomic mass is 9.94. The normalized spacial score (nSPS) is 17.5. The summed E-state index contributed by atoms with van der Waals surface area (Å²) >= 11 is 0. The maximum absolute atomic E-state index is 5.97. The number of pyridine rings is 1. The molecule has 0 bridgehead atoms. The maximum atomic E-state index is 5.97. The number of hydrogen-bond acceptors (Lipinski definition) is 5. The molecule has 2 aliphatic rings. The Kier molecular flexibility index (Phi) is 3.11. The third kappa shape index (κ3) is 2.19. The van der Waals surface area contributed by atoms with Gasteiger partial charge in [0.05, 0.1) is 6.54 Å². The SMILES string of the molecule is NCc1cc2c(nc1N1CCn3cnnc3C1)CCCC2. The van der Waals surface area contributed by atoms with Gasteiger partial charge < -0.3 is 15.2 Å². The van der Waals surface area contributed by atoms with Gasteiger partial charge in [-0.1, -0.05) is 0 Å². The van der Waals surface area contributed by atoms with Crippen LogP contribution in [-0.4, -0.2) is 26.3 Å². The van der Waals surface area contributed by atoms with Crippen LogP contribution >= 0.6 is 0 Å². The molecule has 4 rings (SSSR count). The van der Waals surface area contributed by atoms with Gasteiger partial charge in [0.1, 0.15) is 12.1 Å². The minimum Gasteiger partial charge on any atom is -0.347 e. The number of aryl methyl sites for hydroxylation is 2. The zero-order valence-electron chi connectivity index (χ0n) is 12.1. The first-order valence-corrected chi connectivity index (χ1v) is 7.68. The predicted molar refractivity (Wildman–Crippen MR) is 79.8 cm³/mol. The van der Waals surface area contributed by atoms with Crippen molar-refractivity contribution in [2.45, 2.75) is 45.3 Å². The van der Waals surface area contributed by atoms with Crippen molar-refractivity contribution in [3.05, 3.63) is 35.0 Å². The van der Waals surface area contributed by atoms with Crippen molar-refractivity contribution < 1.29 is 0 Å². The van der Waals surface area contributed by atoms with Crippen LogP contribution in [0.15, 0.2) is 12.4 Å². The molecule has 0 fully saturated rings. The molecule has 3 heterocycles. The Bertz CT molecular complexity index is 662. The van der Waals surface area contributed by atoms with E-state index in [2.05, 4.69) is 25.7 Å². The molecule has 21 heavy (non-hydrogen) atoms. The fourth-order valence-electron chi connectivity index (χ4n) is 3.34. The van der Waals surface area contributed by atoms with E-state index in [1.54, 1.807) is 6.33 Å². The lowest BCUT2D eigenvalue weighted by Crippen LogP contribution is -2.35. The topological polar surface area (TPSA) is 72.9 Å². The smallest absolute Gasteiger partial charge is 0.152 e. The minimum atomic E-state index is 0.540. The van der Waals surface area contributed by atoms with Crippen LogP contribution in [0.1, 0.15) is 35.5 Å². The Balaban J connectivity index is 1.71. The van der Waals surface area contributed by atoms with Gasteiger partial charge in [-0.05, 0) is 37.3 Å². The molecule has 0 saturated heterocycles. The van der Waals surface area contributed by atoms with Gasteiger partial charge in [-0.2, -0.15) is 0 Å². The summed E-state index contributed by atoms with van der Waals surface area (Å²) in [5, 5.41) is 8.17. The number of rotatable bonds is 2. The third-order valence-electron chi connectivity index (χ3n) is 4.52. The van der Waals surface area contributed by atoms with E-state index >= 15 is 0 Å².